The van der Waals surface area contributed by atoms with Gasteiger partial charge in [-0.05, 0) is 29.8 Å². The molecule has 3 aromatic rings. The van der Waals surface area contributed by atoms with Crippen molar-refractivity contribution in [2.24, 2.45) is 0 Å². The van der Waals surface area contributed by atoms with Crippen LogP contribution in [0.5, 0.6) is 0 Å². The van der Waals surface area contributed by atoms with Crippen LogP contribution in [-0.4, -0.2) is 9.38 Å². The number of anilines is 1. The highest BCUT2D eigenvalue weighted by atomic mass is 35.5. The Morgan fingerprint density at radius 1 is 1.16 bits per heavy atom. The Balaban J connectivity index is 1.74. The Morgan fingerprint density at radius 2 is 2.11 bits per heavy atom. The van der Waals surface area contributed by atoms with Gasteiger partial charge in [-0.15, -0.1) is 11.6 Å². The van der Waals surface area contributed by atoms with Gasteiger partial charge in [0.1, 0.15) is 5.65 Å². The highest BCUT2D eigenvalue weighted by Crippen LogP contribution is 2.14. The van der Waals surface area contributed by atoms with Crippen molar-refractivity contribution in [2.45, 2.75) is 12.4 Å². The van der Waals surface area contributed by atoms with E-state index < -0.39 is 0 Å². The Hall–Kier alpha value is -2.00. The molecule has 0 aliphatic rings. The molecule has 3 rings (SSSR count). The molecule has 0 unspecified atom stereocenters. The minimum atomic E-state index is 0.532. The summed E-state index contributed by atoms with van der Waals surface area (Å²) < 4.78 is 2.02. The molecule has 0 bridgehead atoms. The van der Waals surface area contributed by atoms with Crippen LogP contribution in [0.25, 0.3) is 5.65 Å². The normalized spacial score (nSPS) is 10.8. The molecule has 0 saturated carbocycles. The third kappa shape index (κ3) is 2.71. The molecule has 1 N–H and O–H groups in total. The predicted molar refractivity (Wildman–Crippen MR) is 78.5 cm³/mol. The zero-order valence-corrected chi connectivity index (χ0v) is 11.1. The van der Waals surface area contributed by atoms with E-state index in [4.69, 9.17) is 11.6 Å². The van der Waals surface area contributed by atoms with Gasteiger partial charge >= 0.3 is 0 Å². The number of pyridine rings is 1. The number of fused-ring (bicyclic) bond motifs is 1. The van der Waals surface area contributed by atoms with Gasteiger partial charge < -0.3 is 9.72 Å². The van der Waals surface area contributed by atoms with Gasteiger partial charge in [-0.2, -0.15) is 0 Å². The lowest BCUT2D eigenvalue weighted by Crippen LogP contribution is -1.99. The minimum absolute atomic E-state index is 0.532. The first-order valence-corrected chi connectivity index (χ1v) is 6.70. The van der Waals surface area contributed by atoms with Crippen LogP contribution in [0.3, 0.4) is 0 Å². The Labute approximate surface area is 116 Å². The van der Waals surface area contributed by atoms with E-state index in [1.165, 1.54) is 0 Å². The first-order valence-electron chi connectivity index (χ1n) is 6.16. The topological polar surface area (TPSA) is 29.3 Å². The number of alkyl halides is 1. The standard InChI is InChI=1S/C15H14ClN3/c16-9-12-4-3-5-13(8-12)17-10-14-11-19-7-2-1-6-15(19)18-14/h1-8,11,17H,9-10H2. The molecular weight excluding hydrogens is 258 g/mol. The number of rotatable bonds is 4. The maximum absolute atomic E-state index is 5.83. The summed E-state index contributed by atoms with van der Waals surface area (Å²) in [5.41, 5.74) is 4.16. The van der Waals surface area contributed by atoms with Gasteiger partial charge in [-0.1, -0.05) is 18.2 Å². The molecule has 0 fully saturated rings. The third-order valence-corrected chi connectivity index (χ3v) is 3.28. The Bertz CT molecular complexity index is 657. The molecule has 0 amide bonds. The van der Waals surface area contributed by atoms with Crippen molar-refractivity contribution in [1.29, 1.82) is 0 Å². The van der Waals surface area contributed by atoms with Crippen LogP contribution in [0, 0.1) is 0 Å². The molecule has 0 atom stereocenters. The first kappa shape index (κ1) is 12.1. The number of nitrogens with one attached hydrogen (secondary N) is 1. The lowest BCUT2D eigenvalue weighted by molar-refractivity contribution is 1.08. The van der Waals surface area contributed by atoms with Gasteiger partial charge in [-0.25, -0.2) is 4.98 Å². The fraction of sp³-hybridized carbons (Fsp3) is 0.133. The fourth-order valence-electron chi connectivity index (χ4n) is 2.03. The van der Waals surface area contributed by atoms with Crippen molar-refractivity contribution < 1.29 is 0 Å². The summed E-state index contributed by atoms with van der Waals surface area (Å²) in [6.45, 7) is 0.702. The van der Waals surface area contributed by atoms with Crippen LogP contribution in [-0.2, 0) is 12.4 Å². The van der Waals surface area contributed by atoms with Crippen LogP contribution >= 0.6 is 11.6 Å². The number of hydrogen-bond donors (Lipinski definition) is 1. The highest BCUT2D eigenvalue weighted by molar-refractivity contribution is 6.17. The van der Waals surface area contributed by atoms with Crippen LogP contribution in [0.2, 0.25) is 0 Å². The maximum atomic E-state index is 5.83. The summed E-state index contributed by atoms with van der Waals surface area (Å²) in [7, 11) is 0. The summed E-state index contributed by atoms with van der Waals surface area (Å²) in [5.74, 6) is 0.532. The molecule has 96 valence electrons. The van der Waals surface area contributed by atoms with Crippen molar-refractivity contribution >= 4 is 22.9 Å². The van der Waals surface area contributed by atoms with Crippen molar-refractivity contribution in [3.05, 3.63) is 66.1 Å². The molecule has 0 spiro atoms. The van der Waals surface area contributed by atoms with Gasteiger partial charge in [0.05, 0.1) is 12.2 Å². The SMILES string of the molecule is ClCc1cccc(NCc2cn3ccccc3n2)c1. The molecule has 3 nitrogen and oxygen atoms in total. The number of benzene rings is 1. The molecular formula is C15H14ClN3. The van der Waals surface area contributed by atoms with E-state index in [-0.39, 0.29) is 0 Å². The average Bonchev–Trinajstić information content (AvgIpc) is 2.88. The number of hydrogen-bond acceptors (Lipinski definition) is 2. The molecule has 0 saturated heterocycles. The molecule has 0 aliphatic carbocycles. The molecule has 2 heterocycles. The molecule has 2 aromatic heterocycles. The summed E-state index contributed by atoms with van der Waals surface area (Å²) in [6.07, 6.45) is 4.04. The first-order chi connectivity index (χ1) is 9.35. The van der Waals surface area contributed by atoms with Crippen LogP contribution < -0.4 is 5.32 Å². The largest absolute Gasteiger partial charge is 0.379 e. The third-order valence-electron chi connectivity index (χ3n) is 2.97. The van der Waals surface area contributed by atoms with Crippen LogP contribution in [0.1, 0.15) is 11.3 Å². The summed E-state index contributed by atoms with van der Waals surface area (Å²) in [6, 6.07) is 14.1. The second-order valence-corrected chi connectivity index (χ2v) is 4.65. The minimum Gasteiger partial charge on any atom is -0.379 e. The van der Waals surface area contributed by atoms with E-state index in [9.17, 15) is 0 Å². The summed E-state index contributed by atoms with van der Waals surface area (Å²) >= 11 is 5.83. The van der Waals surface area contributed by atoms with Crippen molar-refractivity contribution in [3.63, 3.8) is 0 Å². The van der Waals surface area contributed by atoms with Gasteiger partial charge in [0.25, 0.3) is 0 Å². The molecule has 0 radical (unpaired) electrons. The van der Waals surface area contributed by atoms with Gasteiger partial charge in [0.2, 0.25) is 0 Å². The van der Waals surface area contributed by atoms with Crippen LogP contribution in [0.15, 0.2) is 54.9 Å². The van der Waals surface area contributed by atoms with Crippen molar-refractivity contribution in [3.8, 4) is 0 Å². The molecule has 0 aliphatic heterocycles. The second-order valence-electron chi connectivity index (χ2n) is 4.39. The zero-order chi connectivity index (χ0) is 13.1. The Morgan fingerprint density at radius 3 is 2.95 bits per heavy atom. The lowest BCUT2D eigenvalue weighted by atomic mass is 10.2. The van der Waals surface area contributed by atoms with E-state index in [1.807, 2.05) is 53.2 Å². The fourth-order valence-corrected chi connectivity index (χ4v) is 2.20. The van der Waals surface area contributed by atoms with Crippen molar-refractivity contribution in [1.82, 2.24) is 9.38 Å². The number of halogens is 1. The molecule has 19 heavy (non-hydrogen) atoms. The Kier molecular flexibility index (Phi) is 3.38. The van der Waals surface area contributed by atoms with E-state index in [0.717, 1.165) is 22.6 Å². The summed E-state index contributed by atoms with van der Waals surface area (Å²) in [4.78, 5) is 4.54. The van der Waals surface area contributed by atoms with E-state index >= 15 is 0 Å². The zero-order valence-electron chi connectivity index (χ0n) is 10.4. The number of imidazole rings is 1. The average molecular weight is 272 g/mol. The predicted octanol–water partition coefficient (Wildman–Crippen LogP) is 3.69. The number of aromatic nitrogens is 2. The quantitative estimate of drug-likeness (QED) is 0.734. The smallest absolute Gasteiger partial charge is 0.137 e. The van der Waals surface area contributed by atoms with Gasteiger partial charge in [0, 0.05) is 24.0 Å². The molecule has 4 heteroatoms. The highest BCUT2D eigenvalue weighted by Gasteiger charge is 2.01. The monoisotopic (exact) mass is 271 g/mol. The molecule has 1 aromatic carbocycles. The maximum Gasteiger partial charge on any atom is 0.137 e. The van der Waals surface area contributed by atoms with E-state index in [1.54, 1.807) is 0 Å². The number of nitrogens with zero attached hydrogens (tertiary/aromatic N) is 2. The van der Waals surface area contributed by atoms with Gasteiger partial charge in [0.15, 0.2) is 0 Å². The lowest BCUT2D eigenvalue weighted by Gasteiger charge is -2.05. The van der Waals surface area contributed by atoms with E-state index in [0.29, 0.717) is 12.4 Å². The van der Waals surface area contributed by atoms with E-state index in [2.05, 4.69) is 16.4 Å². The van der Waals surface area contributed by atoms with Crippen LogP contribution in [0.4, 0.5) is 5.69 Å². The van der Waals surface area contributed by atoms with Gasteiger partial charge in [-0.3, -0.25) is 0 Å². The van der Waals surface area contributed by atoms with Crippen molar-refractivity contribution in [2.75, 3.05) is 5.32 Å². The second kappa shape index (κ2) is 5.33. The summed E-state index contributed by atoms with van der Waals surface area (Å²) in [5, 5.41) is 3.36.